The molecular weight excluding hydrogens is 186 g/mol. The van der Waals surface area contributed by atoms with Crippen molar-refractivity contribution >= 4 is 0 Å². The monoisotopic (exact) mass is 205 g/mol. The molecule has 2 heterocycles. The summed E-state index contributed by atoms with van der Waals surface area (Å²) in [6.07, 6.45) is 2.96. The van der Waals surface area contributed by atoms with Crippen molar-refractivity contribution in [1.82, 2.24) is 9.88 Å². The number of piperidine rings is 1. The van der Waals surface area contributed by atoms with Gasteiger partial charge in [0.05, 0.1) is 5.69 Å². The number of aromatic nitrogens is 1. The van der Waals surface area contributed by atoms with Crippen LogP contribution in [-0.4, -0.2) is 29.0 Å². The third-order valence-electron chi connectivity index (χ3n) is 3.17. The Kier molecular flexibility index (Phi) is 3.34. The summed E-state index contributed by atoms with van der Waals surface area (Å²) in [5.74, 6) is 0.600. The van der Waals surface area contributed by atoms with E-state index in [0.29, 0.717) is 12.0 Å². The molecule has 0 unspecified atom stereocenters. The molecule has 0 spiro atoms. The van der Waals surface area contributed by atoms with Crippen LogP contribution in [-0.2, 0) is 6.54 Å². The van der Waals surface area contributed by atoms with Crippen molar-refractivity contribution in [3.05, 3.63) is 30.1 Å². The van der Waals surface area contributed by atoms with E-state index in [2.05, 4.69) is 22.9 Å². The van der Waals surface area contributed by atoms with Crippen molar-refractivity contribution in [2.75, 3.05) is 13.1 Å². The Morgan fingerprint density at radius 3 is 3.07 bits per heavy atom. The summed E-state index contributed by atoms with van der Waals surface area (Å²) < 4.78 is 0. The number of nitrogens with two attached hydrogens (primary N) is 1. The van der Waals surface area contributed by atoms with Gasteiger partial charge in [-0.25, -0.2) is 0 Å². The molecule has 3 heteroatoms. The minimum atomic E-state index is 0.380. The van der Waals surface area contributed by atoms with Gasteiger partial charge in [-0.1, -0.05) is 13.0 Å². The van der Waals surface area contributed by atoms with Crippen LogP contribution in [0, 0.1) is 5.92 Å². The van der Waals surface area contributed by atoms with E-state index in [0.717, 1.165) is 31.7 Å². The fourth-order valence-corrected chi connectivity index (χ4v) is 2.11. The van der Waals surface area contributed by atoms with Gasteiger partial charge in [-0.3, -0.25) is 9.88 Å². The third-order valence-corrected chi connectivity index (χ3v) is 3.17. The van der Waals surface area contributed by atoms with Gasteiger partial charge >= 0.3 is 0 Å². The molecule has 0 radical (unpaired) electrons. The average Bonchev–Trinajstić information content (AvgIpc) is 2.25. The molecule has 0 amide bonds. The zero-order valence-electron chi connectivity index (χ0n) is 9.26. The minimum Gasteiger partial charge on any atom is -0.327 e. The zero-order valence-corrected chi connectivity index (χ0v) is 9.26. The van der Waals surface area contributed by atoms with Crippen molar-refractivity contribution in [2.24, 2.45) is 11.7 Å². The topological polar surface area (TPSA) is 42.2 Å². The lowest BCUT2D eigenvalue weighted by molar-refractivity contribution is 0.156. The van der Waals surface area contributed by atoms with Crippen molar-refractivity contribution in [2.45, 2.75) is 25.9 Å². The highest BCUT2D eigenvalue weighted by molar-refractivity contribution is 5.03. The van der Waals surface area contributed by atoms with Gasteiger partial charge in [0.25, 0.3) is 0 Å². The normalized spacial score (nSPS) is 27.9. The van der Waals surface area contributed by atoms with Crippen LogP contribution in [0.2, 0.25) is 0 Å². The number of rotatable bonds is 2. The molecule has 1 aromatic heterocycles. The zero-order chi connectivity index (χ0) is 10.7. The van der Waals surface area contributed by atoms with E-state index in [1.54, 1.807) is 0 Å². The first-order chi connectivity index (χ1) is 7.25. The molecule has 15 heavy (non-hydrogen) atoms. The number of hydrogen-bond acceptors (Lipinski definition) is 3. The highest BCUT2D eigenvalue weighted by Crippen LogP contribution is 2.16. The van der Waals surface area contributed by atoms with Crippen LogP contribution in [0.5, 0.6) is 0 Å². The van der Waals surface area contributed by atoms with Crippen molar-refractivity contribution < 1.29 is 0 Å². The molecule has 1 aliphatic rings. The van der Waals surface area contributed by atoms with Crippen LogP contribution in [0.15, 0.2) is 24.4 Å². The fourth-order valence-electron chi connectivity index (χ4n) is 2.11. The van der Waals surface area contributed by atoms with Crippen LogP contribution in [0.4, 0.5) is 0 Å². The Morgan fingerprint density at radius 1 is 1.53 bits per heavy atom. The number of hydrogen-bond donors (Lipinski definition) is 1. The Bertz CT molecular complexity index is 299. The van der Waals surface area contributed by atoms with Crippen molar-refractivity contribution in [3.63, 3.8) is 0 Å². The molecule has 0 saturated carbocycles. The maximum Gasteiger partial charge on any atom is 0.0543 e. The molecule has 1 fully saturated rings. The molecule has 0 bridgehead atoms. The van der Waals surface area contributed by atoms with E-state index in [4.69, 9.17) is 5.73 Å². The van der Waals surface area contributed by atoms with Gasteiger partial charge in [-0.15, -0.1) is 0 Å². The molecule has 82 valence electrons. The molecule has 2 atom stereocenters. The van der Waals surface area contributed by atoms with Crippen LogP contribution in [0.25, 0.3) is 0 Å². The van der Waals surface area contributed by atoms with E-state index in [1.807, 2.05) is 18.3 Å². The van der Waals surface area contributed by atoms with Gasteiger partial charge in [0.2, 0.25) is 0 Å². The second-order valence-corrected chi connectivity index (χ2v) is 4.49. The molecule has 0 aliphatic carbocycles. The SMILES string of the molecule is C[C@@H]1CN(Cc2ccccn2)CC[C@H]1N. The van der Waals surface area contributed by atoms with E-state index >= 15 is 0 Å². The standard InChI is InChI=1S/C12H19N3/c1-10-8-15(7-5-12(10)13)9-11-4-2-3-6-14-11/h2-4,6,10,12H,5,7-9,13H2,1H3/t10-,12-/m1/s1. The molecule has 2 N–H and O–H groups in total. The number of likely N-dealkylation sites (tertiary alicyclic amines) is 1. The van der Waals surface area contributed by atoms with E-state index < -0.39 is 0 Å². The second kappa shape index (κ2) is 4.73. The van der Waals surface area contributed by atoms with Gasteiger partial charge in [-0.05, 0) is 24.5 Å². The molecule has 1 aromatic rings. The summed E-state index contributed by atoms with van der Waals surface area (Å²) in [5, 5.41) is 0. The van der Waals surface area contributed by atoms with Crippen LogP contribution in [0.1, 0.15) is 19.0 Å². The predicted octanol–water partition coefficient (Wildman–Crippen LogP) is 1.25. The number of pyridine rings is 1. The highest BCUT2D eigenvalue weighted by atomic mass is 15.1. The quantitative estimate of drug-likeness (QED) is 0.790. The minimum absolute atomic E-state index is 0.380. The maximum absolute atomic E-state index is 5.99. The van der Waals surface area contributed by atoms with E-state index in [1.165, 1.54) is 0 Å². The van der Waals surface area contributed by atoms with Crippen molar-refractivity contribution in [3.8, 4) is 0 Å². The Labute approximate surface area is 91.3 Å². The van der Waals surface area contributed by atoms with Gasteiger partial charge in [0.15, 0.2) is 0 Å². The van der Waals surface area contributed by atoms with Gasteiger partial charge in [0.1, 0.15) is 0 Å². The first kappa shape index (κ1) is 10.6. The largest absolute Gasteiger partial charge is 0.327 e. The van der Waals surface area contributed by atoms with Crippen LogP contribution >= 0.6 is 0 Å². The predicted molar refractivity (Wildman–Crippen MR) is 61.3 cm³/mol. The second-order valence-electron chi connectivity index (χ2n) is 4.49. The smallest absolute Gasteiger partial charge is 0.0543 e. The van der Waals surface area contributed by atoms with Crippen LogP contribution in [0.3, 0.4) is 0 Å². The Morgan fingerprint density at radius 2 is 2.40 bits per heavy atom. The first-order valence-electron chi connectivity index (χ1n) is 5.63. The first-order valence-corrected chi connectivity index (χ1v) is 5.63. The van der Waals surface area contributed by atoms with E-state index in [9.17, 15) is 0 Å². The molecule has 1 aliphatic heterocycles. The molecule has 2 rings (SSSR count). The molecule has 3 nitrogen and oxygen atoms in total. The number of nitrogens with zero attached hydrogens (tertiary/aromatic N) is 2. The molecule has 1 saturated heterocycles. The Hall–Kier alpha value is -0.930. The summed E-state index contributed by atoms with van der Waals surface area (Å²) in [6.45, 7) is 5.38. The average molecular weight is 205 g/mol. The fraction of sp³-hybridized carbons (Fsp3) is 0.583. The summed E-state index contributed by atoms with van der Waals surface area (Å²) in [7, 11) is 0. The Balaban J connectivity index is 1.91. The summed E-state index contributed by atoms with van der Waals surface area (Å²) in [5.41, 5.74) is 7.14. The van der Waals surface area contributed by atoms with Gasteiger partial charge < -0.3 is 5.73 Å². The molecule has 0 aromatic carbocycles. The third kappa shape index (κ3) is 2.76. The lowest BCUT2D eigenvalue weighted by Gasteiger charge is -2.34. The highest BCUT2D eigenvalue weighted by Gasteiger charge is 2.22. The lowest BCUT2D eigenvalue weighted by Crippen LogP contribution is -2.45. The van der Waals surface area contributed by atoms with E-state index in [-0.39, 0.29) is 0 Å². The molecular formula is C12H19N3. The maximum atomic E-state index is 5.99. The summed E-state index contributed by atoms with van der Waals surface area (Å²) in [6, 6.07) is 6.46. The lowest BCUT2D eigenvalue weighted by atomic mass is 9.95. The summed E-state index contributed by atoms with van der Waals surface area (Å²) in [4.78, 5) is 6.78. The summed E-state index contributed by atoms with van der Waals surface area (Å²) >= 11 is 0. The van der Waals surface area contributed by atoms with Crippen LogP contribution < -0.4 is 5.73 Å². The van der Waals surface area contributed by atoms with Gasteiger partial charge in [-0.2, -0.15) is 0 Å². The van der Waals surface area contributed by atoms with Crippen molar-refractivity contribution in [1.29, 1.82) is 0 Å². The van der Waals surface area contributed by atoms with Gasteiger partial charge in [0, 0.05) is 31.9 Å².